The molecule has 1 aromatic heterocycles. The first-order chi connectivity index (χ1) is 9.81. The maximum Gasteiger partial charge on any atom is 0.131 e. The number of rotatable bonds is 4. The Morgan fingerprint density at radius 2 is 1.80 bits per heavy atom. The Bertz CT molecular complexity index is 691. The smallest absolute Gasteiger partial charge is 0.131 e. The van der Waals surface area contributed by atoms with Crippen molar-refractivity contribution in [3.63, 3.8) is 0 Å². The van der Waals surface area contributed by atoms with Crippen molar-refractivity contribution in [3.8, 4) is 16.2 Å². The summed E-state index contributed by atoms with van der Waals surface area (Å²) in [6.07, 6.45) is 0. The highest BCUT2D eigenvalue weighted by molar-refractivity contribution is 7.13. The molecule has 0 amide bonds. The molecule has 0 bridgehead atoms. The van der Waals surface area contributed by atoms with Crippen molar-refractivity contribution >= 4 is 22.9 Å². The topological polar surface area (TPSA) is 9.23 Å². The maximum atomic E-state index is 6.02. The lowest BCUT2D eigenvalue weighted by Crippen LogP contribution is -1.93. The van der Waals surface area contributed by atoms with Crippen LogP contribution in [0.25, 0.3) is 10.4 Å². The van der Waals surface area contributed by atoms with E-state index < -0.39 is 0 Å². The summed E-state index contributed by atoms with van der Waals surface area (Å²) < 4.78 is 5.80. The third kappa shape index (κ3) is 3.21. The zero-order chi connectivity index (χ0) is 13.8. The third-order valence-electron chi connectivity index (χ3n) is 2.93. The molecule has 2 aromatic carbocycles. The molecule has 20 heavy (non-hydrogen) atoms. The Kier molecular flexibility index (Phi) is 4.05. The largest absolute Gasteiger partial charge is 0.488 e. The van der Waals surface area contributed by atoms with E-state index in [1.54, 1.807) is 11.3 Å². The van der Waals surface area contributed by atoms with Crippen LogP contribution in [-0.2, 0) is 6.61 Å². The fourth-order valence-electron chi connectivity index (χ4n) is 1.93. The van der Waals surface area contributed by atoms with E-state index in [0.717, 1.165) is 21.2 Å². The highest BCUT2D eigenvalue weighted by Crippen LogP contribution is 2.32. The number of ether oxygens (including phenoxy) is 1. The highest BCUT2D eigenvalue weighted by atomic mass is 35.5. The van der Waals surface area contributed by atoms with E-state index in [2.05, 4.69) is 24.3 Å². The molecule has 0 saturated heterocycles. The Labute approximate surface area is 127 Å². The van der Waals surface area contributed by atoms with Crippen molar-refractivity contribution < 1.29 is 4.74 Å². The molecular weight excluding hydrogens is 288 g/mol. The van der Waals surface area contributed by atoms with Crippen molar-refractivity contribution in [1.82, 2.24) is 0 Å². The molecule has 0 aliphatic heterocycles. The lowest BCUT2D eigenvalue weighted by atomic mass is 10.2. The average molecular weight is 301 g/mol. The second-order valence-corrected chi connectivity index (χ2v) is 5.78. The van der Waals surface area contributed by atoms with Crippen molar-refractivity contribution in [2.45, 2.75) is 6.61 Å². The van der Waals surface area contributed by atoms with Crippen molar-refractivity contribution in [1.29, 1.82) is 0 Å². The van der Waals surface area contributed by atoms with Gasteiger partial charge in [-0.15, -0.1) is 11.3 Å². The molecule has 0 saturated carbocycles. The summed E-state index contributed by atoms with van der Waals surface area (Å²) in [4.78, 5) is 1.16. The summed E-state index contributed by atoms with van der Waals surface area (Å²) >= 11 is 7.68. The second kappa shape index (κ2) is 6.12. The van der Waals surface area contributed by atoms with E-state index in [4.69, 9.17) is 16.3 Å². The van der Waals surface area contributed by atoms with Crippen LogP contribution in [0.1, 0.15) is 5.56 Å². The first-order valence-corrected chi connectivity index (χ1v) is 7.58. The quantitative estimate of drug-likeness (QED) is 0.605. The Morgan fingerprint density at radius 3 is 2.60 bits per heavy atom. The van der Waals surface area contributed by atoms with E-state index in [1.165, 1.54) is 5.56 Å². The predicted octanol–water partition coefficient (Wildman–Crippen LogP) is 5.65. The molecule has 0 atom stereocenters. The molecular formula is C17H13ClOS. The highest BCUT2D eigenvalue weighted by Gasteiger charge is 2.04. The number of benzene rings is 2. The summed E-state index contributed by atoms with van der Waals surface area (Å²) in [5, 5.41) is 2.78. The van der Waals surface area contributed by atoms with Gasteiger partial charge in [-0.25, -0.2) is 0 Å². The van der Waals surface area contributed by atoms with Gasteiger partial charge in [-0.05, 0) is 29.3 Å². The molecule has 0 fully saturated rings. The molecule has 0 aliphatic rings. The van der Waals surface area contributed by atoms with Gasteiger partial charge >= 0.3 is 0 Å². The van der Waals surface area contributed by atoms with E-state index in [-0.39, 0.29) is 0 Å². The van der Waals surface area contributed by atoms with Gasteiger partial charge in [-0.2, -0.15) is 0 Å². The average Bonchev–Trinajstić information content (AvgIpc) is 2.95. The molecule has 0 spiro atoms. The van der Waals surface area contributed by atoms with Crippen LogP contribution in [0, 0.1) is 0 Å². The summed E-state index contributed by atoms with van der Waals surface area (Å²) in [6, 6.07) is 20.1. The molecule has 1 heterocycles. The van der Waals surface area contributed by atoms with Gasteiger partial charge in [0.15, 0.2) is 0 Å². The summed E-state index contributed by atoms with van der Waals surface area (Å²) in [5.74, 6) is 0.897. The van der Waals surface area contributed by atoms with Gasteiger partial charge < -0.3 is 4.74 Å². The van der Waals surface area contributed by atoms with Crippen LogP contribution in [0.4, 0.5) is 0 Å². The van der Waals surface area contributed by atoms with Gasteiger partial charge in [0.1, 0.15) is 12.4 Å². The number of hydrogen-bond donors (Lipinski definition) is 0. The third-order valence-corrected chi connectivity index (χ3v) is 4.13. The molecule has 100 valence electrons. The Hall–Kier alpha value is -1.77. The van der Waals surface area contributed by atoms with Crippen LogP contribution in [-0.4, -0.2) is 0 Å². The Morgan fingerprint density at radius 1 is 0.950 bits per heavy atom. The lowest BCUT2D eigenvalue weighted by molar-refractivity contribution is 0.307. The zero-order valence-corrected chi connectivity index (χ0v) is 12.3. The molecule has 3 aromatic rings. The van der Waals surface area contributed by atoms with E-state index in [0.29, 0.717) is 6.61 Å². The van der Waals surface area contributed by atoms with Crippen LogP contribution in [0.3, 0.4) is 0 Å². The van der Waals surface area contributed by atoms with Gasteiger partial charge in [0.05, 0.1) is 0 Å². The van der Waals surface area contributed by atoms with Crippen molar-refractivity contribution in [2.24, 2.45) is 0 Å². The van der Waals surface area contributed by atoms with Crippen molar-refractivity contribution in [2.75, 3.05) is 0 Å². The summed E-state index contributed by atoms with van der Waals surface area (Å²) in [6.45, 7) is 0.590. The predicted molar refractivity (Wildman–Crippen MR) is 85.5 cm³/mol. The fourth-order valence-corrected chi connectivity index (χ4v) is 2.95. The standard InChI is InChI=1S/C17H13ClOS/c18-15-8-4-7-14(9-15)17-10-16(12-20-17)19-11-13-5-2-1-3-6-13/h1-10,12H,11H2. The van der Waals surface area contributed by atoms with Gasteiger partial charge in [-0.3, -0.25) is 0 Å². The molecule has 0 N–H and O–H groups in total. The minimum absolute atomic E-state index is 0.590. The van der Waals surface area contributed by atoms with Gasteiger partial charge in [0, 0.05) is 15.3 Å². The maximum absolute atomic E-state index is 6.02. The number of halogens is 1. The molecule has 3 rings (SSSR count). The molecule has 0 unspecified atom stereocenters. The molecule has 0 radical (unpaired) electrons. The second-order valence-electron chi connectivity index (χ2n) is 4.43. The first-order valence-electron chi connectivity index (χ1n) is 6.32. The van der Waals surface area contributed by atoms with E-state index in [9.17, 15) is 0 Å². The van der Waals surface area contributed by atoms with Crippen LogP contribution in [0.5, 0.6) is 5.75 Å². The van der Waals surface area contributed by atoms with Crippen LogP contribution >= 0.6 is 22.9 Å². The minimum Gasteiger partial charge on any atom is -0.488 e. The Balaban J connectivity index is 1.71. The summed E-state index contributed by atoms with van der Waals surface area (Å²) in [7, 11) is 0. The van der Waals surface area contributed by atoms with Gasteiger partial charge in [0.25, 0.3) is 0 Å². The SMILES string of the molecule is Clc1cccc(-c2cc(OCc3ccccc3)cs2)c1. The number of thiophene rings is 1. The monoisotopic (exact) mass is 300 g/mol. The molecule has 0 aliphatic carbocycles. The normalized spacial score (nSPS) is 10.4. The van der Waals surface area contributed by atoms with E-state index >= 15 is 0 Å². The van der Waals surface area contributed by atoms with Crippen molar-refractivity contribution in [3.05, 3.63) is 76.6 Å². The van der Waals surface area contributed by atoms with Gasteiger partial charge in [-0.1, -0.05) is 54.1 Å². The van der Waals surface area contributed by atoms with Gasteiger partial charge in [0.2, 0.25) is 0 Å². The minimum atomic E-state index is 0.590. The lowest BCUT2D eigenvalue weighted by Gasteiger charge is -2.03. The van der Waals surface area contributed by atoms with Crippen LogP contribution < -0.4 is 4.74 Å². The zero-order valence-electron chi connectivity index (χ0n) is 10.8. The number of hydrogen-bond acceptors (Lipinski definition) is 2. The molecule has 1 nitrogen and oxygen atoms in total. The molecule has 3 heteroatoms. The van der Waals surface area contributed by atoms with E-state index in [1.807, 2.05) is 41.8 Å². The van der Waals surface area contributed by atoms with Crippen LogP contribution in [0.2, 0.25) is 5.02 Å². The fraction of sp³-hybridized carbons (Fsp3) is 0.0588. The van der Waals surface area contributed by atoms with Crippen LogP contribution in [0.15, 0.2) is 66.0 Å². The summed E-state index contributed by atoms with van der Waals surface area (Å²) in [5.41, 5.74) is 2.29. The first kappa shape index (κ1) is 13.2.